The van der Waals surface area contributed by atoms with Gasteiger partial charge >= 0.3 is 0 Å². The molecule has 2 aromatic heterocycles. The van der Waals surface area contributed by atoms with E-state index in [0.29, 0.717) is 25.5 Å². The van der Waals surface area contributed by atoms with Crippen molar-refractivity contribution in [3.8, 4) is 0 Å². The number of aryl methyl sites for hydroxylation is 3. The third kappa shape index (κ3) is 3.21. The maximum atomic E-state index is 12.9. The standard InChI is InChI=1S/C17H24N4O3/c1-5-15-18-16(20-19-15)14-9-21(6-7-23-14)17(22)11(3)13-8-10(2)24-12(13)4/h8,11,14H,5-7,9H2,1-4H3,(H,18,19,20). The number of furan rings is 1. The lowest BCUT2D eigenvalue weighted by Gasteiger charge is -2.33. The summed E-state index contributed by atoms with van der Waals surface area (Å²) in [6, 6.07) is 1.94. The Morgan fingerprint density at radius 3 is 2.92 bits per heavy atom. The predicted molar refractivity (Wildman–Crippen MR) is 87.6 cm³/mol. The zero-order chi connectivity index (χ0) is 17.3. The van der Waals surface area contributed by atoms with Gasteiger partial charge < -0.3 is 14.1 Å². The summed E-state index contributed by atoms with van der Waals surface area (Å²) in [5, 5.41) is 7.11. The summed E-state index contributed by atoms with van der Waals surface area (Å²) in [5.41, 5.74) is 0.951. The van der Waals surface area contributed by atoms with E-state index in [-0.39, 0.29) is 17.9 Å². The number of hydrogen-bond donors (Lipinski definition) is 1. The summed E-state index contributed by atoms with van der Waals surface area (Å²) in [6.07, 6.45) is 0.511. The van der Waals surface area contributed by atoms with Gasteiger partial charge in [0.2, 0.25) is 5.91 Å². The molecule has 0 bridgehead atoms. The van der Waals surface area contributed by atoms with E-state index < -0.39 is 0 Å². The molecular formula is C17H24N4O3. The molecule has 130 valence electrons. The van der Waals surface area contributed by atoms with Crippen molar-refractivity contribution in [3.05, 3.63) is 34.8 Å². The highest BCUT2D eigenvalue weighted by Crippen LogP contribution is 2.27. The normalized spacial score (nSPS) is 19.5. The number of morpholine rings is 1. The monoisotopic (exact) mass is 332 g/mol. The van der Waals surface area contributed by atoms with Crippen LogP contribution in [0.3, 0.4) is 0 Å². The molecule has 24 heavy (non-hydrogen) atoms. The molecule has 7 nitrogen and oxygen atoms in total. The number of aromatic amines is 1. The third-order valence-corrected chi connectivity index (χ3v) is 4.47. The zero-order valence-electron chi connectivity index (χ0n) is 14.6. The minimum atomic E-state index is -0.279. The number of amides is 1. The van der Waals surface area contributed by atoms with Crippen LogP contribution in [0.15, 0.2) is 10.5 Å². The van der Waals surface area contributed by atoms with Gasteiger partial charge in [-0.05, 0) is 26.8 Å². The highest BCUT2D eigenvalue weighted by atomic mass is 16.5. The number of nitrogens with one attached hydrogen (secondary N) is 1. The smallest absolute Gasteiger partial charge is 0.230 e. The first-order valence-electron chi connectivity index (χ1n) is 8.38. The molecule has 3 rings (SSSR count). The van der Waals surface area contributed by atoms with E-state index in [1.165, 1.54) is 0 Å². The second-order valence-electron chi connectivity index (χ2n) is 6.23. The fraction of sp³-hybridized carbons (Fsp3) is 0.588. The minimum absolute atomic E-state index is 0.0819. The summed E-state index contributed by atoms with van der Waals surface area (Å²) >= 11 is 0. The summed E-state index contributed by atoms with van der Waals surface area (Å²) in [7, 11) is 0. The van der Waals surface area contributed by atoms with Crippen molar-refractivity contribution in [2.45, 2.75) is 46.1 Å². The molecular weight excluding hydrogens is 308 g/mol. The molecule has 7 heteroatoms. The maximum Gasteiger partial charge on any atom is 0.230 e. The summed E-state index contributed by atoms with van der Waals surface area (Å²) in [5.74, 6) is 2.93. The number of nitrogens with zero attached hydrogens (tertiary/aromatic N) is 3. The molecule has 1 amide bonds. The van der Waals surface area contributed by atoms with E-state index in [1.54, 1.807) is 0 Å². The molecule has 1 fully saturated rings. The van der Waals surface area contributed by atoms with E-state index in [4.69, 9.17) is 9.15 Å². The second-order valence-corrected chi connectivity index (χ2v) is 6.23. The molecule has 3 heterocycles. The Morgan fingerprint density at radius 1 is 1.50 bits per heavy atom. The maximum absolute atomic E-state index is 12.9. The summed E-state index contributed by atoms with van der Waals surface area (Å²) in [6.45, 7) is 9.27. The Morgan fingerprint density at radius 2 is 2.29 bits per heavy atom. The Kier molecular flexibility index (Phi) is 4.71. The molecule has 2 aromatic rings. The van der Waals surface area contributed by atoms with Crippen LogP contribution < -0.4 is 0 Å². The van der Waals surface area contributed by atoms with Gasteiger partial charge in [0.25, 0.3) is 0 Å². The number of ether oxygens (including phenoxy) is 1. The highest BCUT2D eigenvalue weighted by Gasteiger charge is 2.31. The van der Waals surface area contributed by atoms with Gasteiger partial charge in [-0.1, -0.05) is 6.92 Å². The van der Waals surface area contributed by atoms with Gasteiger partial charge in [-0.25, -0.2) is 4.98 Å². The van der Waals surface area contributed by atoms with E-state index in [9.17, 15) is 4.79 Å². The van der Waals surface area contributed by atoms with Crippen molar-refractivity contribution in [1.29, 1.82) is 0 Å². The Bertz CT molecular complexity index is 721. The number of aromatic nitrogens is 3. The van der Waals surface area contributed by atoms with Gasteiger partial charge in [0.15, 0.2) is 5.82 Å². The van der Waals surface area contributed by atoms with Crippen molar-refractivity contribution in [3.63, 3.8) is 0 Å². The number of hydrogen-bond acceptors (Lipinski definition) is 5. The van der Waals surface area contributed by atoms with Gasteiger partial charge in [-0.15, -0.1) is 0 Å². The Hall–Kier alpha value is -2.15. The van der Waals surface area contributed by atoms with E-state index in [2.05, 4.69) is 15.2 Å². The summed E-state index contributed by atoms with van der Waals surface area (Å²) < 4.78 is 11.3. The van der Waals surface area contributed by atoms with Crippen LogP contribution >= 0.6 is 0 Å². The van der Waals surface area contributed by atoms with Crippen LogP contribution in [-0.2, 0) is 16.0 Å². The molecule has 2 unspecified atom stereocenters. The fourth-order valence-electron chi connectivity index (χ4n) is 3.11. The van der Waals surface area contributed by atoms with Crippen LogP contribution in [0.5, 0.6) is 0 Å². The van der Waals surface area contributed by atoms with Crippen LogP contribution in [0.1, 0.15) is 54.6 Å². The van der Waals surface area contributed by atoms with Crippen LogP contribution in [-0.4, -0.2) is 45.7 Å². The average Bonchev–Trinajstić information content (AvgIpc) is 3.19. The van der Waals surface area contributed by atoms with Gasteiger partial charge in [0.05, 0.1) is 19.1 Å². The lowest BCUT2D eigenvalue weighted by Crippen LogP contribution is -2.44. The van der Waals surface area contributed by atoms with Crippen molar-refractivity contribution < 1.29 is 13.9 Å². The second kappa shape index (κ2) is 6.76. The largest absolute Gasteiger partial charge is 0.466 e. The number of carbonyl (C=O) groups is 1. The molecule has 0 aliphatic carbocycles. The minimum Gasteiger partial charge on any atom is -0.466 e. The average molecular weight is 332 g/mol. The quantitative estimate of drug-likeness (QED) is 0.928. The van der Waals surface area contributed by atoms with Gasteiger partial charge in [-0.3, -0.25) is 9.89 Å². The molecule has 0 radical (unpaired) electrons. The SMILES string of the molecule is CCc1nc(C2CN(C(=O)C(C)c3cc(C)oc3C)CCO2)n[nH]1. The zero-order valence-corrected chi connectivity index (χ0v) is 14.6. The predicted octanol–water partition coefficient (Wildman–Crippen LogP) is 2.28. The van der Waals surface area contributed by atoms with Gasteiger partial charge in [-0.2, -0.15) is 5.10 Å². The van der Waals surface area contributed by atoms with E-state index in [0.717, 1.165) is 29.3 Å². The number of H-pyrrole nitrogens is 1. The van der Waals surface area contributed by atoms with Crippen LogP contribution in [0, 0.1) is 13.8 Å². The number of rotatable bonds is 4. The fourth-order valence-corrected chi connectivity index (χ4v) is 3.11. The lowest BCUT2D eigenvalue weighted by atomic mass is 9.99. The van der Waals surface area contributed by atoms with Crippen LogP contribution in [0.4, 0.5) is 0 Å². The first kappa shape index (κ1) is 16.7. The van der Waals surface area contributed by atoms with Gasteiger partial charge in [0.1, 0.15) is 23.4 Å². The molecule has 1 saturated heterocycles. The first-order valence-corrected chi connectivity index (χ1v) is 8.38. The summed E-state index contributed by atoms with van der Waals surface area (Å²) in [4.78, 5) is 19.1. The lowest BCUT2D eigenvalue weighted by molar-refractivity contribution is -0.140. The van der Waals surface area contributed by atoms with Crippen LogP contribution in [0.25, 0.3) is 0 Å². The Labute approximate surface area is 141 Å². The van der Waals surface area contributed by atoms with Crippen LogP contribution in [0.2, 0.25) is 0 Å². The Balaban J connectivity index is 1.71. The molecule has 1 aliphatic rings. The number of carbonyl (C=O) groups excluding carboxylic acids is 1. The van der Waals surface area contributed by atoms with Crippen molar-refractivity contribution in [2.75, 3.05) is 19.7 Å². The topological polar surface area (TPSA) is 84.2 Å². The van der Waals surface area contributed by atoms with Gasteiger partial charge in [0, 0.05) is 18.5 Å². The molecule has 2 atom stereocenters. The first-order chi connectivity index (χ1) is 11.5. The van der Waals surface area contributed by atoms with E-state index in [1.807, 2.05) is 38.7 Å². The molecule has 0 aromatic carbocycles. The molecule has 1 aliphatic heterocycles. The molecule has 0 spiro atoms. The third-order valence-electron chi connectivity index (χ3n) is 4.47. The van der Waals surface area contributed by atoms with Crippen molar-refractivity contribution >= 4 is 5.91 Å². The molecule has 0 saturated carbocycles. The molecule has 1 N–H and O–H groups in total. The van der Waals surface area contributed by atoms with Crippen molar-refractivity contribution in [2.24, 2.45) is 0 Å². The van der Waals surface area contributed by atoms with E-state index >= 15 is 0 Å². The highest BCUT2D eigenvalue weighted by molar-refractivity contribution is 5.83. The van der Waals surface area contributed by atoms with Crippen molar-refractivity contribution in [1.82, 2.24) is 20.1 Å².